The van der Waals surface area contributed by atoms with Crippen LogP contribution in [0.1, 0.15) is 52.1 Å². The van der Waals surface area contributed by atoms with E-state index in [4.69, 9.17) is 5.73 Å². The topological polar surface area (TPSA) is 66.6 Å². The zero-order chi connectivity index (χ0) is 15.3. The SMILES string of the molecule is CCN(C(=O)C(N)(CC)CC)C(C)c1cccc(O)c1. The molecular formula is C16H26N2O2. The van der Waals surface area contributed by atoms with E-state index in [0.717, 1.165) is 5.56 Å². The Labute approximate surface area is 121 Å². The lowest BCUT2D eigenvalue weighted by Crippen LogP contribution is -2.55. The van der Waals surface area contributed by atoms with Crippen molar-refractivity contribution >= 4 is 5.91 Å². The highest BCUT2D eigenvalue weighted by Gasteiger charge is 2.35. The second-order valence-electron chi connectivity index (χ2n) is 5.23. The summed E-state index contributed by atoms with van der Waals surface area (Å²) in [5.74, 6) is 0.184. The molecule has 0 radical (unpaired) electrons. The number of nitrogens with zero attached hydrogens (tertiary/aromatic N) is 1. The minimum Gasteiger partial charge on any atom is -0.508 e. The monoisotopic (exact) mass is 278 g/mol. The lowest BCUT2D eigenvalue weighted by Gasteiger charge is -2.36. The normalized spacial score (nSPS) is 13.1. The molecule has 0 aliphatic carbocycles. The summed E-state index contributed by atoms with van der Waals surface area (Å²) in [6, 6.07) is 6.90. The molecule has 0 aromatic heterocycles. The number of carbonyl (C=O) groups excluding carboxylic acids is 1. The molecule has 0 fully saturated rings. The molecule has 1 amide bonds. The molecule has 4 nitrogen and oxygen atoms in total. The molecule has 1 rings (SSSR count). The van der Waals surface area contributed by atoms with E-state index in [0.29, 0.717) is 19.4 Å². The van der Waals surface area contributed by atoms with Crippen molar-refractivity contribution in [3.63, 3.8) is 0 Å². The van der Waals surface area contributed by atoms with E-state index < -0.39 is 5.54 Å². The van der Waals surface area contributed by atoms with Gasteiger partial charge in [0, 0.05) is 6.54 Å². The maximum absolute atomic E-state index is 12.7. The van der Waals surface area contributed by atoms with E-state index >= 15 is 0 Å². The lowest BCUT2D eigenvalue weighted by molar-refractivity contribution is -0.139. The van der Waals surface area contributed by atoms with E-state index in [1.807, 2.05) is 33.8 Å². The standard InChI is InChI=1S/C16H26N2O2/c1-5-16(17,6-2)15(20)18(7-3)12(4)13-9-8-10-14(19)11-13/h8-12,19H,5-7,17H2,1-4H3. The van der Waals surface area contributed by atoms with Crippen LogP contribution in [0.15, 0.2) is 24.3 Å². The predicted molar refractivity (Wildman–Crippen MR) is 81.4 cm³/mol. The van der Waals surface area contributed by atoms with Crippen LogP contribution in [-0.4, -0.2) is 28.0 Å². The molecule has 1 aromatic carbocycles. The minimum absolute atomic E-state index is 0.0270. The van der Waals surface area contributed by atoms with Gasteiger partial charge in [-0.05, 0) is 44.4 Å². The van der Waals surface area contributed by atoms with Crippen LogP contribution in [0, 0.1) is 0 Å². The summed E-state index contributed by atoms with van der Waals surface area (Å²) in [5.41, 5.74) is 6.33. The number of carbonyl (C=O) groups is 1. The summed E-state index contributed by atoms with van der Waals surface area (Å²) in [6.07, 6.45) is 1.23. The molecule has 0 aliphatic heterocycles. The van der Waals surface area contributed by atoms with E-state index in [1.54, 1.807) is 23.1 Å². The van der Waals surface area contributed by atoms with Gasteiger partial charge in [0.2, 0.25) is 5.91 Å². The Morgan fingerprint density at radius 1 is 1.35 bits per heavy atom. The van der Waals surface area contributed by atoms with Crippen molar-refractivity contribution in [3.05, 3.63) is 29.8 Å². The van der Waals surface area contributed by atoms with Crippen LogP contribution >= 0.6 is 0 Å². The van der Waals surface area contributed by atoms with E-state index in [-0.39, 0.29) is 17.7 Å². The Hall–Kier alpha value is -1.55. The zero-order valence-corrected chi connectivity index (χ0v) is 12.9. The summed E-state index contributed by atoms with van der Waals surface area (Å²) >= 11 is 0. The summed E-state index contributed by atoms with van der Waals surface area (Å²) in [5, 5.41) is 9.58. The van der Waals surface area contributed by atoms with Crippen LogP contribution in [0.25, 0.3) is 0 Å². The Balaban J connectivity index is 3.04. The fraction of sp³-hybridized carbons (Fsp3) is 0.562. The minimum atomic E-state index is -0.804. The first-order valence-electron chi connectivity index (χ1n) is 7.28. The summed E-state index contributed by atoms with van der Waals surface area (Å²) < 4.78 is 0. The second kappa shape index (κ2) is 6.75. The smallest absolute Gasteiger partial charge is 0.243 e. The number of phenolic OH excluding ortho intramolecular Hbond substituents is 1. The summed E-state index contributed by atoms with van der Waals surface area (Å²) in [7, 11) is 0. The molecule has 112 valence electrons. The van der Waals surface area contributed by atoms with Gasteiger partial charge in [-0.2, -0.15) is 0 Å². The molecule has 0 spiro atoms. The molecule has 20 heavy (non-hydrogen) atoms. The number of aromatic hydroxyl groups is 1. The molecule has 0 bridgehead atoms. The molecule has 1 aromatic rings. The average molecular weight is 278 g/mol. The van der Waals surface area contributed by atoms with Gasteiger partial charge in [-0.15, -0.1) is 0 Å². The van der Waals surface area contributed by atoms with Crippen LogP contribution < -0.4 is 5.73 Å². The number of likely N-dealkylation sites (N-methyl/N-ethyl adjacent to an activating group) is 1. The highest BCUT2D eigenvalue weighted by Crippen LogP contribution is 2.26. The number of phenols is 1. The number of benzene rings is 1. The van der Waals surface area contributed by atoms with Gasteiger partial charge in [0.15, 0.2) is 0 Å². The van der Waals surface area contributed by atoms with Crippen molar-refractivity contribution in [1.82, 2.24) is 4.90 Å². The third kappa shape index (κ3) is 3.31. The molecule has 3 N–H and O–H groups in total. The molecule has 0 heterocycles. The maximum Gasteiger partial charge on any atom is 0.243 e. The fourth-order valence-corrected chi connectivity index (χ4v) is 2.40. The van der Waals surface area contributed by atoms with Crippen LogP contribution in [-0.2, 0) is 4.79 Å². The Kier molecular flexibility index (Phi) is 5.57. The fourth-order valence-electron chi connectivity index (χ4n) is 2.40. The van der Waals surface area contributed by atoms with Crippen LogP contribution in [0.2, 0.25) is 0 Å². The second-order valence-corrected chi connectivity index (χ2v) is 5.23. The van der Waals surface area contributed by atoms with Gasteiger partial charge >= 0.3 is 0 Å². The van der Waals surface area contributed by atoms with E-state index in [2.05, 4.69) is 0 Å². The predicted octanol–water partition coefficient (Wildman–Crippen LogP) is 2.82. The summed E-state index contributed by atoms with van der Waals surface area (Å²) in [4.78, 5) is 14.5. The first-order chi connectivity index (χ1) is 9.39. The number of hydrogen-bond donors (Lipinski definition) is 2. The van der Waals surface area contributed by atoms with Gasteiger partial charge in [-0.1, -0.05) is 26.0 Å². The molecule has 1 atom stereocenters. The molecule has 4 heteroatoms. The lowest BCUT2D eigenvalue weighted by atomic mass is 9.91. The van der Waals surface area contributed by atoms with Gasteiger partial charge in [-0.3, -0.25) is 4.79 Å². The highest BCUT2D eigenvalue weighted by atomic mass is 16.3. The van der Waals surface area contributed by atoms with Crippen LogP contribution in [0.5, 0.6) is 5.75 Å². The van der Waals surface area contributed by atoms with Crippen molar-refractivity contribution in [1.29, 1.82) is 0 Å². The van der Waals surface area contributed by atoms with Gasteiger partial charge < -0.3 is 15.7 Å². The van der Waals surface area contributed by atoms with Gasteiger partial charge in [0.25, 0.3) is 0 Å². The number of nitrogens with two attached hydrogens (primary N) is 1. The van der Waals surface area contributed by atoms with Crippen molar-refractivity contribution in [2.45, 2.75) is 52.1 Å². The van der Waals surface area contributed by atoms with E-state index in [1.165, 1.54) is 0 Å². The van der Waals surface area contributed by atoms with Crippen molar-refractivity contribution in [2.24, 2.45) is 5.73 Å². The Morgan fingerprint density at radius 3 is 2.40 bits per heavy atom. The first-order valence-corrected chi connectivity index (χ1v) is 7.28. The van der Waals surface area contributed by atoms with Gasteiger partial charge in [0.05, 0.1) is 11.6 Å². The Morgan fingerprint density at radius 2 is 1.95 bits per heavy atom. The molecule has 0 aliphatic rings. The largest absolute Gasteiger partial charge is 0.508 e. The highest BCUT2D eigenvalue weighted by molar-refractivity contribution is 5.86. The third-order valence-corrected chi connectivity index (χ3v) is 4.11. The number of rotatable bonds is 6. The average Bonchev–Trinajstić information content (AvgIpc) is 2.46. The molecule has 0 saturated carbocycles. The molecule has 1 unspecified atom stereocenters. The van der Waals surface area contributed by atoms with Crippen LogP contribution in [0.3, 0.4) is 0 Å². The number of amides is 1. The van der Waals surface area contributed by atoms with Gasteiger partial charge in [-0.25, -0.2) is 0 Å². The molecule has 0 saturated heterocycles. The number of hydrogen-bond acceptors (Lipinski definition) is 3. The van der Waals surface area contributed by atoms with Crippen molar-refractivity contribution in [3.8, 4) is 5.75 Å². The van der Waals surface area contributed by atoms with Crippen LogP contribution in [0.4, 0.5) is 0 Å². The first kappa shape index (κ1) is 16.5. The van der Waals surface area contributed by atoms with Crippen molar-refractivity contribution in [2.75, 3.05) is 6.54 Å². The quantitative estimate of drug-likeness (QED) is 0.841. The third-order valence-electron chi connectivity index (χ3n) is 4.11. The zero-order valence-electron chi connectivity index (χ0n) is 12.9. The van der Waals surface area contributed by atoms with E-state index in [9.17, 15) is 9.90 Å². The maximum atomic E-state index is 12.7. The Bertz CT molecular complexity index is 456. The van der Waals surface area contributed by atoms with Gasteiger partial charge in [0.1, 0.15) is 5.75 Å². The summed E-state index contributed by atoms with van der Waals surface area (Å²) in [6.45, 7) is 8.38. The van der Waals surface area contributed by atoms with Crippen molar-refractivity contribution < 1.29 is 9.90 Å². The molecular weight excluding hydrogens is 252 g/mol.